The lowest BCUT2D eigenvalue weighted by Gasteiger charge is -2.23. The summed E-state index contributed by atoms with van der Waals surface area (Å²) in [5.41, 5.74) is 2.02. The first kappa shape index (κ1) is 17.9. The summed E-state index contributed by atoms with van der Waals surface area (Å²) in [6.45, 7) is 1.19. The Morgan fingerprint density at radius 3 is 2.62 bits per heavy atom. The van der Waals surface area contributed by atoms with E-state index >= 15 is 0 Å². The molecule has 1 amide bonds. The van der Waals surface area contributed by atoms with Gasteiger partial charge in [0.15, 0.2) is 0 Å². The number of carbonyl (C=O) groups excluding carboxylic acids is 1. The minimum Gasteiger partial charge on any atom is -0.508 e. The maximum Gasteiger partial charge on any atom is 0.228 e. The van der Waals surface area contributed by atoms with Crippen molar-refractivity contribution in [2.75, 3.05) is 6.54 Å². The molecule has 2 aromatic carbocycles. The second-order valence-electron chi connectivity index (χ2n) is 6.03. The number of halogens is 1. The van der Waals surface area contributed by atoms with Crippen molar-refractivity contribution < 1.29 is 15.0 Å². The van der Waals surface area contributed by atoms with Crippen LogP contribution in [0.15, 0.2) is 66.5 Å². The van der Waals surface area contributed by atoms with Gasteiger partial charge in [0, 0.05) is 41.1 Å². The van der Waals surface area contributed by atoms with Crippen molar-refractivity contribution in [2.45, 2.75) is 13.0 Å². The Morgan fingerprint density at radius 2 is 1.88 bits per heavy atom. The molecule has 0 saturated carbocycles. The van der Waals surface area contributed by atoms with Crippen molar-refractivity contribution in [1.29, 1.82) is 0 Å². The SMILES string of the molecule is O=C(Cc1cc(Cl)ccc1O)NC1=CCN(Cc2ccccc2O)C=C1. The smallest absolute Gasteiger partial charge is 0.228 e. The molecule has 3 rings (SSSR count). The molecule has 26 heavy (non-hydrogen) atoms. The number of rotatable bonds is 5. The van der Waals surface area contributed by atoms with Gasteiger partial charge in [0.1, 0.15) is 11.5 Å². The van der Waals surface area contributed by atoms with Crippen molar-refractivity contribution in [2.24, 2.45) is 0 Å². The molecule has 0 fully saturated rings. The summed E-state index contributed by atoms with van der Waals surface area (Å²) in [5.74, 6) is 0.0875. The fourth-order valence-electron chi connectivity index (χ4n) is 2.68. The van der Waals surface area contributed by atoms with E-state index in [-0.39, 0.29) is 23.8 Å². The fraction of sp³-hybridized carbons (Fsp3) is 0.150. The summed E-state index contributed by atoms with van der Waals surface area (Å²) in [4.78, 5) is 14.2. The minimum atomic E-state index is -0.229. The van der Waals surface area contributed by atoms with Crippen molar-refractivity contribution in [3.05, 3.63) is 82.7 Å². The summed E-state index contributed by atoms with van der Waals surface area (Å²) in [5, 5.41) is 22.9. The van der Waals surface area contributed by atoms with E-state index in [1.54, 1.807) is 30.3 Å². The molecule has 1 heterocycles. The van der Waals surface area contributed by atoms with Crippen LogP contribution in [0.1, 0.15) is 11.1 Å². The third kappa shape index (κ3) is 4.58. The van der Waals surface area contributed by atoms with Crippen LogP contribution in [0.2, 0.25) is 5.02 Å². The second kappa shape index (κ2) is 7.97. The average molecular weight is 371 g/mol. The van der Waals surface area contributed by atoms with E-state index in [1.807, 2.05) is 29.3 Å². The Labute approximate surface area is 156 Å². The highest BCUT2D eigenvalue weighted by Gasteiger charge is 2.12. The van der Waals surface area contributed by atoms with Crippen LogP contribution in [0.5, 0.6) is 11.5 Å². The molecule has 0 aromatic heterocycles. The zero-order valence-corrected chi connectivity index (χ0v) is 14.8. The predicted molar refractivity (Wildman–Crippen MR) is 101 cm³/mol. The highest BCUT2D eigenvalue weighted by molar-refractivity contribution is 6.30. The molecule has 6 heteroatoms. The van der Waals surface area contributed by atoms with Gasteiger partial charge in [0.25, 0.3) is 0 Å². The van der Waals surface area contributed by atoms with Gasteiger partial charge in [-0.1, -0.05) is 29.8 Å². The molecule has 3 N–H and O–H groups in total. The molecule has 1 aliphatic rings. The molecular formula is C20H19ClN2O3. The lowest BCUT2D eigenvalue weighted by atomic mass is 10.1. The Hall–Kier alpha value is -2.92. The minimum absolute atomic E-state index is 0.0408. The molecule has 2 aromatic rings. The van der Waals surface area contributed by atoms with Crippen LogP contribution in [-0.2, 0) is 17.8 Å². The molecule has 0 spiro atoms. The number of para-hydroxylation sites is 1. The third-order valence-corrected chi connectivity index (χ3v) is 4.29. The van der Waals surface area contributed by atoms with Gasteiger partial charge in [-0.25, -0.2) is 0 Å². The molecule has 0 bridgehead atoms. The molecule has 0 radical (unpaired) electrons. The number of aromatic hydroxyl groups is 2. The highest BCUT2D eigenvalue weighted by atomic mass is 35.5. The van der Waals surface area contributed by atoms with Gasteiger partial charge in [-0.2, -0.15) is 0 Å². The van der Waals surface area contributed by atoms with Crippen LogP contribution in [-0.4, -0.2) is 27.6 Å². The van der Waals surface area contributed by atoms with Gasteiger partial charge in [-0.15, -0.1) is 0 Å². The number of carbonyl (C=O) groups is 1. The molecule has 134 valence electrons. The van der Waals surface area contributed by atoms with E-state index in [2.05, 4.69) is 5.32 Å². The van der Waals surface area contributed by atoms with E-state index in [1.165, 1.54) is 6.07 Å². The van der Waals surface area contributed by atoms with Gasteiger partial charge < -0.3 is 20.4 Å². The Bertz CT molecular complexity index is 877. The predicted octanol–water partition coefficient (Wildman–Crippen LogP) is 3.32. The van der Waals surface area contributed by atoms with Crippen LogP contribution in [0.4, 0.5) is 0 Å². The van der Waals surface area contributed by atoms with Crippen molar-refractivity contribution in [1.82, 2.24) is 10.2 Å². The molecule has 0 atom stereocenters. The van der Waals surface area contributed by atoms with E-state index in [0.29, 0.717) is 29.4 Å². The summed E-state index contributed by atoms with van der Waals surface area (Å²) in [7, 11) is 0. The van der Waals surface area contributed by atoms with E-state index in [9.17, 15) is 15.0 Å². The van der Waals surface area contributed by atoms with Gasteiger partial charge >= 0.3 is 0 Å². The normalized spacial score (nSPS) is 13.4. The standard InChI is InChI=1S/C20H19ClN2O3/c21-16-5-6-19(25)15(11-16)12-20(26)22-17-7-9-23(10-8-17)13-14-3-1-2-4-18(14)24/h1-9,11,24-25H,10,12-13H2,(H,22,26). The lowest BCUT2D eigenvalue weighted by molar-refractivity contribution is -0.119. The maximum absolute atomic E-state index is 12.2. The summed E-state index contributed by atoms with van der Waals surface area (Å²) in [6.07, 6.45) is 5.62. The Balaban J connectivity index is 1.55. The lowest BCUT2D eigenvalue weighted by Crippen LogP contribution is -2.28. The number of nitrogens with one attached hydrogen (secondary N) is 1. The first-order valence-corrected chi connectivity index (χ1v) is 8.55. The van der Waals surface area contributed by atoms with E-state index in [4.69, 9.17) is 11.6 Å². The maximum atomic E-state index is 12.2. The number of nitrogens with zero attached hydrogens (tertiary/aromatic N) is 1. The van der Waals surface area contributed by atoms with E-state index in [0.717, 1.165) is 5.56 Å². The summed E-state index contributed by atoms with van der Waals surface area (Å²) < 4.78 is 0. The number of hydrogen-bond acceptors (Lipinski definition) is 4. The molecule has 0 unspecified atom stereocenters. The van der Waals surface area contributed by atoms with Crippen LogP contribution in [0.3, 0.4) is 0 Å². The number of phenolic OH excluding ortho intramolecular Hbond substituents is 2. The van der Waals surface area contributed by atoms with Gasteiger partial charge in [0.05, 0.1) is 6.42 Å². The van der Waals surface area contributed by atoms with Gasteiger partial charge in [0.2, 0.25) is 5.91 Å². The highest BCUT2D eigenvalue weighted by Crippen LogP contribution is 2.22. The zero-order chi connectivity index (χ0) is 18.5. The number of benzene rings is 2. The van der Waals surface area contributed by atoms with Crippen LogP contribution in [0, 0.1) is 0 Å². The quantitative estimate of drug-likeness (QED) is 0.755. The van der Waals surface area contributed by atoms with E-state index < -0.39 is 0 Å². The van der Waals surface area contributed by atoms with Crippen molar-refractivity contribution in [3.63, 3.8) is 0 Å². The van der Waals surface area contributed by atoms with Gasteiger partial charge in [-0.05, 0) is 36.4 Å². The molecule has 1 aliphatic heterocycles. The zero-order valence-electron chi connectivity index (χ0n) is 14.0. The molecular weight excluding hydrogens is 352 g/mol. The summed E-state index contributed by atoms with van der Waals surface area (Å²) in [6, 6.07) is 11.8. The molecule has 0 aliphatic carbocycles. The molecule has 0 saturated heterocycles. The number of phenols is 2. The average Bonchev–Trinajstić information content (AvgIpc) is 2.62. The van der Waals surface area contributed by atoms with Crippen LogP contribution < -0.4 is 5.32 Å². The van der Waals surface area contributed by atoms with Crippen LogP contribution in [0.25, 0.3) is 0 Å². The number of hydrogen-bond donors (Lipinski definition) is 3. The third-order valence-electron chi connectivity index (χ3n) is 4.05. The largest absolute Gasteiger partial charge is 0.508 e. The Kier molecular flexibility index (Phi) is 5.49. The Morgan fingerprint density at radius 1 is 1.12 bits per heavy atom. The van der Waals surface area contributed by atoms with Crippen LogP contribution >= 0.6 is 11.6 Å². The van der Waals surface area contributed by atoms with Gasteiger partial charge in [-0.3, -0.25) is 4.79 Å². The summed E-state index contributed by atoms with van der Waals surface area (Å²) >= 11 is 5.90. The van der Waals surface area contributed by atoms with Crippen molar-refractivity contribution in [3.8, 4) is 11.5 Å². The number of allylic oxidation sites excluding steroid dienone is 1. The number of amides is 1. The topological polar surface area (TPSA) is 72.8 Å². The fourth-order valence-corrected chi connectivity index (χ4v) is 2.87. The second-order valence-corrected chi connectivity index (χ2v) is 6.47. The monoisotopic (exact) mass is 370 g/mol. The van der Waals surface area contributed by atoms with Crippen molar-refractivity contribution >= 4 is 17.5 Å². The first-order valence-electron chi connectivity index (χ1n) is 8.18. The molecule has 5 nitrogen and oxygen atoms in total. The first-order chi connectivity index (χ1) is 12.5.